The highest BCUT2D eigenvalue weighted by Crippen LogP contribution is 2.66. The maximum Gasteiger partial charge on any atom is 0.167 e. The maximum absolute atomic E-state index is 7.08. The SMILES string of the molecule is CCOc1ccc2c(c1OC)C[C@]1(C)[C@@H](C)CC[C@H]3C(C)(C)CCC[C@]31O2. The van der Waals surface area contributed by atoms with E-state index >= 15 is 0 Å². The van der Waals surface area contributed by atoms with Crippen molar-refractivity contribution < 1.29 is 14.2 Å². The summed E-state index contributed by atoms with van der Waals surface area (Å²) in [4.78, 5) is 0. The zero-order chi connectivity index (χ0) is 19.4. The van der Waals surface area contributed by atoms with Gasteiger partial charge in [-0.3, -0.25) is 0 Å². The molecule has 3 aliphatic rings. The van der Waals surface area contributed by atoms with Crippen molar-refractivity contribution in [3.05, 3.63) is 17.7 Å². The first kappa shape index (κ1) is 19.0. The van der Waals surface area contributed by atoms with Gasteiger partial charge in [0.1, 0.15) is 11.4 Å². The number of ether oxygens (including phenoxy) is 3. The monoisotopic (exact) mass is 372 g/mol. The van der Waals surface area contributed by atoms with Crippen LogP contribution in [0.1, 0.15) is 72.3 Å². The minimum atomic E-state index is -0.0580. The molecule has 150 valence electrons. The Balaban J connectivity index is 1.87. The van der Waals surface area contributed by atoms with Gasteiger partial charge in [0.2, 0.25) is 0 Å². The molecule has 2 aliphatic carbocycles. The first-order valence-electron chi connectivity index (χ1n) is 10.8. The van der Waals surface area contributed by atoms with Gasteiger partial charge in [0.05, 0.1) is 13.7 Å². The van der Waals surface area contributed by atoms with Gasteiger partial charge in [0.25, 0.3) is 0 Å². The number of hydrogen-bond acceptors (Lipinski definition) is 3. The van der Waals surface area contributed by atoms with Crippen LogP contribution in [0.25, 0.3) is 0 Å². The topological polar surface area (TPSA) is 27.7 Å². The first-order chi connectivity index (χ1) is 12.8. The molecule has 0 radical (unpaired) electrons. The summed E-state index contributed by atoms with van der Waals surface area (Å²) in [6.45, 7) is 12.5. The van der Waals surface area contributed by atoms with Gasteiger partial charge in [0, 0.05) is 16.9 Å². The highest BCUT2D eigenvalue weighted by Gasteiger charge is 2.65. The average molecular weight is 373 g/mol. The van der Waals surface area contributed by atoms with Crippen molar-refractivity contribution in [2.75, 3.05) is 13.7 Å². The fourth-order valence-electron chi connectivity index (χ4n) is 6.72. The lowest BCUT2D eigenvalue weighted by Crippen LogP contribution is -2.68. The third-order valence-corrected chi connectivity index (χ3v) is 8.34. The maximum atomic E-state index is 7.08. The van der Waals surface area contributed by atoms with Gasteiger partial charge in [-0.05, 0) is 68.9 Å². The summed E-state index contributed by atoms with van der Waals surface area (Å²) in [6.07, 6.45) is 7.34. The van der Waals surface area contributed by atoms with Crippen molar-refractivity contribution in [3.8, 4) is 17.2 Å². The number of rotatable bonds is 3. The lowest BCUT2D eigenvalue weighted by Gasteiger charge is -2.66. The molecule has 0 N–H and O–H groups in total. The molecular weight excluding hydrogens is 336 g/mol. The van der Waals surface area contributed by atoms with Crippen LogP contribution in [0.3, 0.4) is 0 Å². The molecule has 4 atom stereocenters. The van der Waals surface area contributed by atoms with Gasteiger partial charge in [0.15, 0.2) is 11.5 Å². The van der Waals surface area contributed by atoms with Crippen molar-refractivity contribution in [2.45, 2.75) is 78.7 Å². The molecule has 0 saturated heterocycles. The van der Waals surface area contributed by atoms with Crippen LogP contribution in [0.5, 0.6) is 17.2 Å². The van der Waals surface area contributed by atoms with E-state index in [1.807, 2.05) is 13.0 Å². The Labute approximate surface area is 164 Å². The molecule has 3 heteroatoms. The molecule has 2 saturated carbocycles. The zero-order valence-electron chi connectivity index (χ0n) is 18.0. The largest absolute Gasteiger partial charge is 0.492 e. The number of hydrogen-bond donors (Lipinski definition) is 0. The van der Waals surface area contributed by atoms with E-state index in [0.29, 0.717) is 23.9 Å². The molecule has 1 heterocycles. The molecule has 3 nitrogen and oxygen atoms in total. The van der Waals surface area contributed by atoms with E-state index in [9.17, 15) is 0 Å². The Morgan fingerprint density at radius 1 is 1.15 bits per heavy atom. The van der Waals surface area contributed by atoms with Crippen LogP contribution >= 0.6 is 0 Å². The van der Waals surface area contributed by atoms with E-state index in [0.717, 1.165) is 23.7 Å². The van der Waals surface area contributed by atoms with Crippen LogP contribution in [0.2, 0.25) is 0 Å². The summed E-state index contributed by atoms with van der Waals surface area (Å²) in [5.41, 5.74) is 1.61. The second kappa shape index (κ2) is 6.32. The van der Waals surface area contributed by atoms with Gasteiger partial charge >= 0.3 is 0 Å². The third-order valence-electron chi connectivity index (χ3n) is 8.34. The molecule has 1 aromatic carbocycles. The quantitative estimate of drug-likeness (QED) is 0.648. The van der Waals surface area contributed by atoms with Crippen molar-refractivity contribution >= 4 is 0 Å². The van der Waals surface area contributed by atoms with Crippen LogP contribution < -0.4 is 14.2 Å². The van der Waals surface area contributed by atoms with E-state index in [2.05, 4.69) is 33.8 Å². The predicted molar refractivity (Wildman–Crippen MR) is 109 cm³/mol. The van der Waals surface area contributed by atoms with Crippen molar-refractivity contribution in [2.24, 2.45) is 22.7 Å². The Morgan fingerprint density at radius 3 is 2.63 bits per heavy atom. The Morgan fingerprint density at radius 2 is 1.93 bits per heavy atom. The molecule has 0 aromatic heterocycles. The fraction of sp³-hybridized carbons (Fsp3) is 0.750. The predicted octanol–water partition coefficient (Wildman–Crippen LogP) is 6.03. The van der Waals surface area contributed by atoms with Crippen molar-refractivity contribution in [1.82, 2.24) is 0 Å². The van der Waals surface area contributed by atoms with Gasteiger partial charge in [-0.1, -0.05) is 27.7 Å². The standard InChI is InChI=1S/C24H36O3/c1-7-26-19-11-10-18-17(21(19)25-6)15-23(5)16(2)9-12-20-22(3,4)13-8-14-24(20,23)27-18/h10-11,16,20H,7-9,12-15H2,1-6H3/t16-,20-,23+,24-/m0/s1. The molecule has 1 aliphatic heterocycles. The van der Waals surface area contributed by atoms with Gasteiger partial charge in [-0.15, -0.1) is 0 Å². The molecule has 27 heavy (non-hydrogen) atoms. The van der Waals surface area contributed by atoms with Crippen LogP contribution in [0, 0.1) is 22.7 Å². The lowest BCUT2D eigenvalue weighted by atomic mass is 9.44. The summed E-state index contributed by atoms with van der Waals surface area (Å²) in [5.74, 6) is 3.98. The first-order valence-corrected chi connectivity index (χ1v) is 10.8. The summed E-state index contributed by atoms with van der Waals surface area (Å²) >= 11 is 0. The molecule has 2 fully saturated rings. The summed E-state index contributed by atoms with van der Waals surface area (Å²) in [6, 6.07) is 4.14. The van der Waals surface area contributed by atoms with Crippen LogP contribution in [-0.4, -0.2) is 19.3 Å². The highest BCUT2D eigenvalue weighted by molar-refractivity contribution is 5.56. The van der Waals surface area contributed by atoms with Gasteiger partial charge in [-0.25, -0.2) is 0 Å². The Hall–Kier alpha value is -1.38. The lowest BCUT2D eigenvalue weighted by molar-refractivity contribution is -0.210. The zero-order valence-corrected chi connectivity index (χ0v) is 18.0. The number of fused-ring (bicyclic) bond motifs is 1. The molecule has 1 aromatic rings. The molecule has 0 bridgehead atoms. The molecular formula is C24H36O3. The highest BCUT2D eigenvalue weighted by atomic mass is 16.5. The molecule has 4 rings (SSSR count). The normalized spacial score (nSPS) is 36.7. The second-order valence-corrected chi connectivity index (χ2v) is 9.97. The third kappa shape index (κ3) is 2.53. The van der Waals surface area contributed by atoms with Crippen LogP contribution in [0.15, 0.2) is 12.1 Å². The van der Waals surface area contributed by atoms with E-state index in [4.69, 9.17) is 14.2 Å². The summed E-state index contributed by atoms with van der Waals surface area (Å²) in [7, 11) is 1.75. The summed E-state index contributed by atoms with van der Waals surface area (Å²) in [5, 5.41) is 0. The number of benzene rings is 1. The number of methoxy groups -OCH3 is 1. The van der Waals surface area contributed by atoms with E-state index in [1.54, 1.807) is 7.11 Å². The second-order valence-electron chi connectivity index (χ2n) is 9.97. The molecule has 1 spiro atoms. The van der Waals surface area contributed by atoms with E-state index < -0.39 is 0 Å². The van der Waals surface area contributed by atoms with E-state index in [1.165, 1.54) is 37.7 Å². The summed E-state index contributed by atoms with van der Waals surface area (Å²) < 4.78 is 18.7. The average Bonchev–Trinajstić information content (AvgIpc) is 2.61. The van der Waals surface area contributed by atoms with E-state index in [-0.39, 0.29) is 11.0 Å². The fourth-order valence-corrected chi connectivity index (χ4v) is 6.72. The van der Waals surface area contributed by atoms with Gasteiger partial charge in [-0.2, -0.15) is 0 Å². The Bertz CT molecular complexity index is 725. The minimum Gasteiger partial charge on any atom is -0.492 e. The van der Waals surface area contributed by atoms with Crippen molar-refractivity contribution in [1.29, 1.82) is 0 Å². The van der Waals surface area contributed by atoms with Crippen LogP contribution in [0.4, 0.5) is 0 Å². The van der Waals surface area contributed by atoms with Crippen molar-refractivity contribution in [3.63, 3.8) is 0 Å². The minimum absolute atomic E-state index is 0.0580. The molecule has 0 unspecified atom stereocenters. The smallest absolute Gasteiger partial charge is 0.167 e. The van der Waals surface area contributed by atoms with Gasteiger partial charge < -0.3 is 14.2 Å². The van der Waals surface area contributed by atoms with Crippen LogP contribution in [-0.2, 0) is 6.42 Å². The molecule has 0 amide bonds. The Kier molecular flexibility index (Phi) is 4.44.